The number of piperidine rings is 1. The molecular formula is C48H47F4N11O6. The average molecular weight is 950 g/mol. The third-order valence-electron chi connectivity index (χ3n) is 14.0. The van der Waals surface area contributed by atoms with Gasteiger partial charge in [0.2, 0.25) is 23.6 Å². The number of H-pyrrole nitrogens is 1. The molecule has 2 aromatic heterocycles. The number of halogens is 4. The molecule has 69 heavy (non-hydrogen) atoms. The first-order chi connectivity index (χ1) is 32.9. The summed E-state index contributed by atoms with van der Waals surface area (Å²) in [6.45, 7) is 4.79. The zero-order valence-electron chi connectivity index (χ0n) is 37.6. The minimum absolute atomic E-state index is 0.00127. The van der Waals surface area contributed by atoms with E-state index in [1.165, 1.54) is 6.07 Å². The SMILES string of the molecule is CC(C)(c1n[nH]c(CNC(=O)[C@H]2C[C@@H]2c2ccc(-c3ccc(-c4cnn(C5CN(CC(=O)N6CCN(c7cc8c(cc7F)C(=O)N(C7CCC(=O)NC7=O)C8=O)CC6)C5)c4)cc3)cc2)n1)C(F)(F)F. The summed E-state index contributed by atoms with van der Waals surface area (Å²) in [4.78, 5) is 86.9. The summed E-state index contributed by atoms with van der Waals surface area (Å²) in [7, 11) is 0. The summed E-state index contributed by atoms with van der Waals surface area (Å²) in [5, 5.41) is 15.7. The molecule has 21 heteroatoms. The summed E-state index contributed by atoms with van der Waals surface area (Å²) in [6, 6.07) is 17.5. The third kappa shape index (κ3) is 8.63. The number of benzene rings is 3. The molecule has 0 radical (unpaired) electrons. The normalized spacial score (nSPS) is 21.1. The summed E-state index contributed by atoms with van der Waals surface area (Å²) in [5.41, 5.74) is 2.80. The molecule has 5 aliphatic rings. The lowest BCUT2D eigenvalue weighted by Gasteiger charge is -2.41. The molecule has 3 saturated heterocycles. The van der Waals surface area contributed by atoms with Crippen LogP contribution in [0.15, 0.2) is 73.1 Å². The van der Waals surface area contributed by atoms with E-state index in [1.54, 1.807) is 9.80 Å². The molecule has 17 nitrogen and oxygen atoms in total. The van der Waals surface area contributed by atoms with Gasteiger partial charge in [-0.1, -0.05) is 48.5 Å². The molecule has 0 bridgehead atoms. The zero-order chi connectivity index (χ0) is 48.5. The Balaban J connectivity index is 0.664. The summed E-state index contributed by atoms with van der Waals surface area (Å²) < 4.78 is 57.5. The van der Waals surface area contributed by atoms with Crippen LogP contribution in [0.5, 0.6) is 0 Å². The molecule has 0 spiro atoms. The average Bonchev–Trinajstić information content (AvgIpc) is 3.59. The fraction of sp³-hybridized carbons (Fsp3) is 0.396. The topological polar surface area (TPSA) is 199 Å². The van der Waals surface area contributed by atoms with Crippen LogP contribution in [0.3, 0.4) is 0 Å². The number of amides is 6. The fourth-order valence-electron chi connectivity index (χ4n) is 9.45. The molecule has 6 amide bonds. The van der Waals surface area contributed by atoms with Crippen molar-refractivity contribution in [3.05, 3.63) is 107 Å². The number of aromatic nitrogens is 5. The predicted octanol–water partition coefficient (Wildman–Crippen LogP) is 4.34. The van der Waals surface area contributed by atoms with Crippen LogP contribution in [-0.2, 0) is 31.1 Å². The number of nitrogens with zero attached hydrogens (tertiary/aromatic N) is 8. The molecule has 5 aromatic rings. The number of alkyl halides is 3. The fourth-order valence-corrected chi connectivity index (χ4v) is 9.45. The Kier molecular flexibility index (Phi) is 11.4. The van der Waals surface area contributed by atoms with E-state index in [4.69, 9.17) is 0 Å². The van der Waals surface area contributed by atoms with Crippen LogP contribution in [0.25, 0.3) is 22.3 Å². The van der Waals surface area contributed by atoms with Crippen molar-refractivity contribution in [3.8, 4) is 22.3 Å². The molecule has 1 unspecified atom stereocenters. The number of likely N-dealkylation sites (tertiary alicyclic amines) is 1. The lowest BCUT2D eigenvalue weighted by atomic mass is 9.92. The Hall–Kier alpha value is -7.29. The van der Waals surface area contributed by atoms with Crippen LogP contribution in [0.1, 0.15) is 83.0 Å². The van der Waals surface area contributed by atoms with Crippen molar-refractivity contribution in [3.63, 3.8) is 0 Å². The van der Waals surface area contributed by atoms with E-state index >= 15 is 4.39 Å². The number of anilines is 1. The molecule has 1 aliphatic carbocycles. The van der Waals surface area contributed by atoms with Crippen LogP contribution in [0.2, 0.25) is 0 Å². The molecule has 3 atom stereocenters. The lowest BCUT2D eigenvalue weighted by Crippen LogP contribution is -2.55. The van der Waals surface area contributed by atoms with Crippen molar-refractivity contribution in [2.75, 3.05) is 50.7 Å². The number of hydrogen-bond donors (Lipinski definition) is 3. The molecule has 4 fully saturated rings. The van der Waals surface area contributed by atoms with Gasteiger partial charge in [0.05, 0.1) is 42.1 Å². The number of carbonyl (C=O) groups excluding carboxylic acids is 6. The monoisotopic (exact) mass is 949 g/mol. The number of aromatic amines is 1. The second-order valence-electron chi connectivity index (χ2n) is 18.8. The summed E-state index contributed by atoms with van der Waals surface area (Å²) in [5.74, 6) is -4.05. The predicted molar refractivity (Wildman–Crippen MR) is 239 cm³/mol. The molecular weight excluding hydrogens is 903 g/mol. The van der Waals surface area contributed by atoms with Crippen molar-refractivity contribution in [1.29, 1.82) is 0 Å². The van der Waals surface area contributed by atoms with Gasteiger partial charge in [-0.05, 0) is 67.0 Å². The number of rotatable bonds is 12. The first-order valence-corrected chi connectivity index (χ1v) is 22.7. The van der Waals surface area contributed by atoms with Crippen molar-refractivity contribution in [2.45, 2.75) is 69.2 Å². The van der Waals surface area contributed by atoms with Gasteiger partial charge in [-0.25, -0.2) is 9.37 Å². The highest BCUT2D eigenvalue weighted by Crippen LogP contribution is 2.48. The van der Waals surface area contributed by atoms with E-state index in [0.29, 0.717) is 45.7 Å². The molecule has 1 saturated carbocycles. The van der Waals surface area contributed by atoms with Gasteiger partial charge < -0.3 is 15.1 Å². The van der Waals surface area contributed by atoms with Crippen molar-refractivity contribution in [2.24, 2.45) is 5.92 Å². The van der Waals surface area contributed by atoms with E-state index < -0.39 is 47.1 Å². The molecule has 6 heterocycles. The Morgan fingerprint density at radius 1 is 0.855 bits per heavy atom. The highest BCUT2D eigenvalue weighted by molar-refractivity contribution is 6.23. The highest BCUT2D eigenvalue weighted by atomic mass is 19.4. The Bertz CT molecular complexity index is 2880. The van der Waals surface area contributed by atoms with Gasteiger partial charge in [0.15, 0.2) is 5.82 Å². The number of carbonyl (C=O) groups is 6. The molecule has 3 N–H and O–H groups in total. The van der Waals surface area contributed by atoms with E-state index in [1.807, 2.05) is 65.6 Å². The van der Waals surface area contributed by atoms with Gasteiger partial charge in [0.1, 0.15) is 23.1 Å². The Morgan fingerprint density at radius 3 is 2.14 bits per heavy atom. The number of imide groups is 2. The second kappa shape index (κ2) is 17.3. The molecule has 4 aliphatic heterocycles. The maximum atomic E-state index is 15.4. The standard InChI is InChI=1S/C48H47F4N11O6/c1-47(2,48(50,51)52)46-55-39(57-58-46)21-53-42(66)33-17-32(33)29-9-7-27(8-10-29)26-3-5-28(6-4-26)30-20-54-62(22-30)31-23-59(24-31)25-41(65)61-15-13-60(14-16-61)38-19-35-34(18-36(38)49)44(68)63(45(35)69)37-11-12-40(64)56-43(37)67/h3-10,18-20,22,31-33,37H,11-17,21,23-25H2,1-2H3,(H,53,66)(H,55,57,58)(H,56,64,67)/t32-,33+,37?/m1/s1. The van der Waals surface area contributed by atoms with Crippen molar-refractivity contribution in [1.82, 2.24) is 50.3 Å². The van der Waals surface area contributed by atoms with Crippen molar-refractivity contribution >= 4 is 41.1 Å². The van der Waals surface area contributed by atoms with E-state index in [0.717, 1.165) is 52.6 Å². The highest BCUT2D eigenvalue weighted by Gasteiger charge is 2.52. The van der Waals surface area contributed by atoms with Gasteiger partial charge >= 0.3 is 6.18 Å². The first kappa shape index (κ1) is 45.5. The van der Waals surface area contributed by atoms with Gasteiger partial charge in [-0.2, -0.15) is 23.4 Å². The third-order valence-corrected chi connectivity index (χ3v) is 14.0. The Morgan fingerprint density at radius 2 is 1.49 bits per heavy atom. The van der Waals surface area contributed by atoms with Crippen LogP contribution in [0.4, 0.5) is 23.2 Å². The van der Waals surface area contributed by atoms with Gasteiger partial charge in [-0.3, -0.25) is 53.7 Å². The quantitative estimate of drug-likeness (QED) is 0.119. The maximum absolute atomic E-state index is 15.4. The molecule has 358 valence electrons. The Labute approximate surface area is 392 Å². The van der Waals surface area contributed by atoms with Crippen LogP contribution < -0.4 is 15.5 Å². The number of piperazine rings is 1. The van der Waals surface area contributed by atoms with Crippen LogP contribution in [0, 0.1) is 11.7 Å². The molecule has 10 rings (SSSR count). The minimum atomic E-state index is -4.52. The van der Waals surface area contributed by atoms with Crippen LogP contribution >= 0.6 is 0 Å². The molecule has 3 aromatic carbocycles. The number of fused-ring (bicyclic) bond motifs is 1. The first-order valence-electron chi connectivity index (χ1n) is 22.7. The lowest BCUT2D eigenvalue weighted by molar-refractivity contribution is -0.182. The maximum Gasteiger partial charge on any atom is 0.401 e. The van der Waals surface area contributed by atoms with E-state index in [-0.39, 0.29) is 84.1 Å². The van der Waals surface area contributed by atoms with E-state index in [2.05, 4.69) is 35.8 Å². The van der Waals surface area contributed by atoms with Crippen LogP contribution in [-0.4, -0.2) is 133 Å². The van der Waals surface area contributed by atoms with Gasteiger partial charge in [0.25, 0.3) is 11.8 Å². The number of hydrogen-bond acceptors (Lipinski definition) is 11. The van der Waals surface area contributed by atoms with Gasteiger partial charge in [-0.15, -0.1) is 0 Å². The zero-order valence-corrected chi connectivity index (χ0v) is 37.6. The summed E-state index contributed by atoms with van der Waals surface area (Å²) >= 11 is 0. The van der Waals surface area contributed by atoms with E-state index in [9.17, 15) is 41.9 Å². The second-order valence-corrected chi connectivity index (χ2v) is 18.8. The minimum Gasteiger partial charge on any atom is -0.366 e. The smallest absolute Gasteiger partial charge is 0.366 e. The largest absolute Gasteiger partial charge is 0.401 e. The summed E-state index contributed by atoms with van der Waals surface area (Å²) in [6.07, 6.45) is -0.0464. The number of nitrogens with one attached hydrogen (secondary N) is 3. The van der Waals surface area contributed by atoms with Crippen molar-refractivity contribution < 1.29 is 46.3 Å². The van der Waals surface area contributed by atoms with Gasteiger partial charge in [0, 0.05) is 63.4 Å².